The van der Waals surface area contributed by atoms with E-state index in [0.29, 0.717) is 15.9 Å². The molecular weight excluding hydrogens is 331 g/mol. The van der Waals surface area contributed by atoms with E-state index in [1.165, 1.54) is 11.8 Å². The first-order chi connectivity index (χ1) is 8.22. The number of rotatable bonds is 3. The molecule has 1 aromatic carbocycles. The van der Waals surface area contributed by atoms with Gasteiger partial charge in [0.15, 0.2) is 5.75 Å². The second-order valence-electron chi connectivity index (χ2n) is 3.48. The van der Waals surface area contributed by atoms with Crippen molar-refractivity contribution in [1.29, 1.82) is 0 Å². The van der Waals surface area contributed by atoms with Crippen molar-refractivity contribution in [3.05, 3.63) is 56.0 Å². The van der Waals surface area contributed by atoms with E-state index >= 15 is 0 Å². The summed E-state index contributed by atoms with van der Waals surface area (Å²) in [6, 6.07) is 9.75. The van der Waals surface area contributed by atoms with Gasteiger partial charge in [0.2, 0.25) is 0 Å². The summed E-state index contributed by atoms with van der Waals surface area (Å²) in [6.07, 6.45) is 1.56. The minimum Gasteiger partial charge on any atom is -0.494 e. The van der Waals surface area contributed by atoms with Crippen LogP contribution in [0.4, 0.5) is 0 Å². The normalized spacial score (nSPS) is 10.2. The molecule has 2 rings (SSSR count). The molecule has 17 heavy (non-hydrogen) atoms. The second kappa shape index (κ2) is 5.31. The van der Waals surface area contributed by atoms with Crippen LogP contribution >= 0.6 is 22.6 Å². The van der Waals surface area contributed by atoms with Crippen molar-refractivity contribution in [2.75, 3.05) is 7.11 Å². The summed E-state index contributed by atoms with van der Waals surface area (Å²) in [5.41, 5.74) is 0.914. The molecule has 0 aliphatic carbocycles. The molecule has 0 spiro atoms. The lowest BCUT2D eigenvalue weighted by Gasteiger charge is -2.07. The molecule has 1 heterocycles. The van der Waals surface area contributed by atoms with Gasteiger partial charge in [0, 0.05) is 0 Å². The van der Waals surface area contributed by atoms with Gasteiger partial charge in [-0.3, -0.25) is 4.79 Å². The van der Waals surface area contributed by atoms with Gasteiger partial charge in [-0.05, 0) is 28.2 Å². The maximum absolute atomic E-state index is 12.0. The summed E-state index contributed by atoms with van der Waals surface area (Å²) >= 11 is 1.97. The van der Waals surface area contributed by atoms with Crippen LogP contribution in [0.5, 0.6) is 5.75 Å². The van der Waals surface area contributed by atoms with Gasteiger partial charge in [-0.1, -0.05) is 30.3 Å². The van der Waals surface area contributed by atoms with Crippen LogP contribution in [0, 0.1) is 3.57 Å². The van der Waals surface area contributed by atoms with E-state index in [9.17, 15) is 4.79 Å². The molecule has 4 nitrogen and oxygen atoms in total. The van der Waals surface area contributed by atoms with E-state index < -0.39 is 0 Å². The molecule has 0 fully saturated rings. The molecule has 0 bridgehead atoms. The van der Waals surface area contributed by atoms with Gasteiger partial charge in [0.05, 0.1) is 19.9 Å². The van der Waals surface area contributed by atoms with Crippen LogP contribution in [0.2, 0.25) is 0 Å². The Bertz CT molecular complexity index is 566. The maximum atomic E-state index is 12.0. The fraction of sp³-hybridized carbons (Fsp3) is 0.167. The third kappa shape index (κ3) is 2.66. The third-order valence-corrected chi connectivity index (χ3v) is 3.34. The molecule has 0 saturated carbocycles. The zero-order chi connectivity index (χ0) is 12.3. The lowest BCUT2D eigenvalue weighted by atomic mass is 10.2. The molecule has 0 aliphatic heterocycles. The molecular formula is C12H11IN2O2. The highest BCUT2D eigenvalue weighted by Crippen LogP contribution is 2.14. The molecule has 0 aliphatic rings. The first-order valence-corrected chi connectivity index (χ1v) is 6.14. The lowest BCUT2D eigenvalue weighted by molar-refractivity contribution is 0.403. The summed E-state index contributed by atoms with van der Waals surface area (Å²) in [5, 5.41) is 4.08. The van der Waals surface area contributed by atoms with Crippen LogP contribution in [0.1, 0.15) is 5.56 Å². The van der Waals surface area contributed by atoms with Crippen LogP contribution < -0.4 is 10.3 Å². The molecule has 2 aromatic rings. The standard InChI is InChI=1S/C12H11IN2O2/c1-17-10-7-14-15(12(16)11(10)13)8-9-5-3-2-4-6-9/h2-7H,8H2,1H3. The van der Waals surface area contributed by atoms with E-state index in [4.69, 9.17) is 4.74 Å². The lowest BCUT2D eigenvalue weighted by Crippen LogP contribution is -2.25. The number of nitrogens with zero attached hydrogens (tertiary/aromatic N) is 2. The summed E-state index contributed by atoms with van der Waals surface area (Å²) in [6.45, 7) is 0.472. The Morgan fingerprint density at radius 3 is 2.71 bits per heavy atom. The van der Waals surface area contributed by atoms with Crippen LogP contribution in [0.15, 0.2) is 41.3 Å². The summed E-state index contributed by atoms with van der Waals surface area (Å²) in [4.78, 5) is 12.0. The highest BCUT2D eigenvalue weighted by atomic mass is 127. The fourth-order valence-corrected chi connectivity index (χ4v) is 2.10. The predicted octanol–water partition coefficient (Wildman–Crippen LogP) is 1.90. The first kappa shape index (κ1) is 12.1. The van der Waals surface area contributed by atoms with Crippen LogP contribution in [0.3, 0.4) is 0 Å². The molecule has 0 N–H and O–H groups in total. The number of benzene rings is 1. The zero-order valence-corrected chi connectivity index (χ0v) is 11.4. The topological polar surface area (TPSA) is 44.1 Å². The summed E-state index contributed by atoms with van der Waals surface area (Å²) in [5.74, 6) is 0.514. The molecule has 0 radical (unpaired) electrons. The van der Waals surface area contributed by atoms with Crippen molar-refractivity contribution >= 4 is 22.6 Å². The molecule has 0 saturated heterocycles. The highest BCUT2D eigenvalue weighted by molar-refractivity contribution is 14.1. The van der Waals surface area contributed by atoms with Gasteiger partial charge in [-0.25, -0.2) is 4.68 Å². The highest BCUT2D eigenvalue weighted by Gasteiger charge is 2.08. The summed E-state index contributed by atoms with van der Waals surface area (Å²) < 4.78 is 7.03. The Morgan fingerprint density at radius 1 is 1.35 bits per heavy atom. The monoisotopic (exact) mass is 342 g/mol. The average molecular weight is 342 g/mol. The van der Waals surface area contributed by atoms with Gasteiger partial charge in [0.1, 0.15) is 3.57 Å². The third-order valence-electron chi connectivity index (χ3n) is 2.35. The van der Waals surface area contributed by atoms with Crippen molar-refractivity contribution in [2.24, 2.45) is 0 Å². The van der Waals surface area contributed by atoms with E-state index in [-0.39, 0.29) is 5.56 Å². The Morgan fingerprint density at radius 2 is 2.06 bits per heavy atom. The SMILES string of the molecule is COc1cnn(Cc2ccccc2)c(=O)c1I. The van der Waals surface area contributed by atoms with Crippen LogP contribution in [-0.2, 0) is 6.54 Å². The number of hydrogen-bond donors (Lipinski definition) is 0. The molecule has 0 atom stereocenters. The van der Waals surface area contributed by atoms with Crippen LogP contribution in [0.25, 0.3) is 0 Å². The van der Waals surface area contributed by atoms with E-state index in [1.54, 1.807) is 6.20 Å². The average Bonchev–Trinajstić information content (AvgIpc) is 2.37. The number of ether oxygens (including phenoxy) is 1. The Balaban J connectivity index is 2.35. The Hall–Kier alpha value is -1.37. The minimum atomic E-state index is -0.131. The zero-order valence-electron chi connectivity index (χ0n) is 9.26. The van der Waals surface area contributed by atoms with Gasteiger partial charge in [-0.15, -0.1) is 0 Å². The van der Waals surface area contributed by atoms with Crippen molar-refractivity contribution in [1.82, 2.24) is 9.78 Å². The van der Waals surface area contributed by atoms with Gasteiger partial charge in [-0.2, -0.15) is 5.10 Å². The fourth-order valence-electron chi connectivity index (χ4n) is 1.46. The number of hydrogen-bond acceptors (Lipinski definition) is 3. The van der Waals surface area contributed by atoms with E-state index in [2.05, 4.69) is 5.10 Å². The second-order valence-corrected chi connectivity index (χ2v) is 4.55. The van der Waals surface area contributed by atoms with Gasteiger partial charge >= 0.3 is 0 Å². The molecule has 1 aromatic heterocycles. The Labute approximate surface area is 112 Å². The van der Waals surface area contributed by atoms with Crippen molar-refractivity contribution in [3.63, 3.8) is 0 Å². The number of methoxy groups -OCH3 is 1. The quantitative estimate of drug-likeness (QED) is 0.801. The van der Waals surface area contributed by atoms with E-state index in [1.807, 2.05) is 52.9 Å². The number of halogens is 1. The summed E-state index contributed by atoms with van der Waals surface area (Å²) in [7, 11) is 1.53. The van der Waals surface area contributed by atoms with Crippen molar-refractivity contribution in [3.8, 4) is 5.75 Å². The van der Waals surface area contributed by atoms with E-state index in [0.717, 1.165) is 5.56 Å². The molecule has 0 amide bonds. The first-order valence-electron chi connectivity index (χ1n) is 5.06. The molecule has 0 unspecified atom stereocenters. The largest absolute Gasteiger partial charge is 0.494 e. The van der Waals surface area contributed by atoms with Crippen molar-refractivity contribution < 1.29 is 4.74 Å². The number of aromatic nitrogens is 2. The minimum absolute atomic E-state index is 0.131. The smallest absolute Gasteiger partial charge is 0.284 e. The Kier molecular flexibility index (Phi) is 3.78. The predicted molar refractivity (Wildman–Crippen MR) is 73.3 cm³/mol. The van der Waals surface area contributed by atoms with Crippen LogP contribution in [-0.4, -0.2) is 16.9 Å². The van der Waals surface area contributed by atoms with Crippen molar-refractivity contribution in [2.45, 2.75) is 6.54 Å². The maximum Gasteiger partial charge on any atom is 0.284 e. The van der Waals surface area contributed by atoms with Gasteiger partial charge in [0.25, 0.3) is 5.56 Å². The molecule has 88 valence electrons. The van der Waals surface area contributed by atoms with Gasteiger partial charge < -0.3 is 4.74 Å². The molecule has 5 heteroatoms.